The van der Waals surface area contributed by atoms with Crippen LogP contribution in [0.4, 0.5) is 10.1 Å². The SMILES string of the molecule is Cc1cn2c(n1)C(F)=CN(n1cnc3cc(N4CCNCC4)ccc3c1=O)C2. The first kappa shape index (κ1) is 16.9. The van der Waals surface area contributed by atoms with Crippen LogP contribution in [0.25, 0.3) is 16.7 Å². The van der Waals surface area contributed by atoms with E-state index in [1.54, 1.807) is 16.8 Å². The number of hydrogen-bond donors (Lipinski definition) is 1. The number of anilines is 1. The average Bonchev–Trinajstić information content (AvgIpc) is 3.09. The molecule has 1 N–H and O–H groups in total. The molecule has 144 valence electrons. The molecule has 2 aliphatic rings. The minimum atomic E-state index is -0.486. The van der Waals surface area contributed by atoms with Crippen molar-refractivity contribution < 1.29 is 4.39 Å². The fourth-order valence-electron chi connectivity index (χ4n) is 3.76. The number of nitrogens with zero attached hydrogens (tertiary/aromatic N) is 6. The molecule has 0 amide bonds. The van der Waals surface area contributed by atoms with Gasteiger partial charge in [0, 0.05) is 38.1 Å². The zero-order chi connectivity index (χ0) is 19.3. The molecule has 8 nitrogen and oxygen atoms in total. The van der Waals surface area contributed by atoms with Crippen LogP contribution >= 0.6 is 0 Å². The van der Waals surface area contributed by atoms with Crippen molar-refractivity contribution >= 4 is 22.4 Å². The number of benzene rings is 1. The lowest BCUT2D eigenvalue weighted by molar-refractivity contribution is 0.522. The molecule has 1 saturated heterocycles. The van der Waals surface area contributed by atoms with Crippen molar-refractivity contribution in [3.8, 4) is 0 Å². The van der Waals surface area contributed by atoms with E-state index in [-0.39, 0.29) is 18.1 Å². The van der Waals surface area contributed by atoms with Crippen LogP contribution in [0.15, 0.2) is 41.7 Å². The van der Waals surface area contributed by atoms with Crippen molar-refractivity contribution in [2.45, 2.75) is 13.6 Å². The highest BCUT2D eigenvalue weighted by Crippen LogP contribution is 2.22. The number of halogens is 1. The molecule has 4 heterocycles. The molecule has 0 saturated carbocycles. The van der Waals surface area contributed by atoms with Crippen molar-refractivity contribution in [2.75, 3.05) is 36.1 Å². The van der Waals surface area contributed by atoms with E-state index in [9.17, 15) is 9.18 Å². The van der Waals surface area contributed by atoms with Crippen LogP contribution in [0, 0.1) is 6.92 Å². The second-order valence-electron chi connectivity index (χ2n) is 7.07. The number of aryl methyl sites for hydroxylation is 1. The van der Waals surface area contributed by atoms with Gasteiger partial charge in [0.2, 0.25) is 0 Å². The summed E-state index contributed by atoms with van der Waals surface area (Å²) in [6, 6.07) is 5.69. The molecule has 9 heteroatoms. The molecule has 0 spiro atoms. The summed E-state index contributed by atoms with van der Waals surface area (Å²) in [5, 5.41) is 5.33. The van der Waals surface area contributed by atoms with Crippen LogP contribution in [-0.2, 0) is 6.67 Å². The number of hydrogen-bond acceptors (Lipinski definition) is 6. The van der Waals surface area contributed by atoms with Crippen LogP contribution in [0.1, 0.15) is 11.5 Å². The molecule has 2 aromatic heterocycles. The highest BCUT2D eigenvalue weighted by Gasteiger charge is 2.21. The van der Waals surface area contributed by atoms with Gasteiger partial charge in [0.25, 0.3) is 5.56 Å². The summed E-state index contributed by atoms with van der Waals surface area (Å²) in [7, 11) is 0. The minimum absolute atomic E-state index is 0.235. The van der Waals surface area contributed by atoms with Crippen molar-refractivity contribution in [1.29, 1.82) is 0 Å². The van der Waals surface area contributed by atoms with Gasteiger partial charge in [-0.15, -0.1) is 0 Å². The normalized spacial score (nSPS) is 17.0. The molecule has 28 heavy (non-hydrogen) atoms. The van der Waals surface area contributed by atoms with E-state index in [1.165, 1.54) is 22.2 Å². The Balaban J connectivity index is 1.52. The van der Waals surface area contributed by atoms with Gasteiger partial charge in [0.05, 0.1) is 22.8 Å². The van der Waals surface area contributed by atoms with Gasteiger partial charge in [0.1, 0.15) is 13.0 Å². The van der Waals surface area contributed by atoms with Crippen molar-refractivity contribution in [1.82, 2.24) is 24.5 Å². The maximum atomic E-state index is 14.4. The zero-order valence-corrected chi connectivity index (χ0v) is 15.5. The van der Waals surface area contributed by atoms with Crippen molar-refractivity contribution in [2.24, 2.45) is 0 Å². The van der Waals surface area contributed by atoms with E-state index >= 15 is 0 Å². The maximum absolute atomic E-state index is 14.4. The molecule has 0 bridgehead atoms. The summed E-state index contributed by atoms with van der Waals surface area (Å²) < 4.78 is 17.4. The first-order valence-electron chi connectivity index (χ1n) is 9.25. The third kappa shape index (κ3) is 2.75. The van der Waals surface area contributed by atoms with E-state index in [1.807, 2.05) is 19.1 Å². The number of piperazine rings is 1. The summed E-state index contributed by atoms with van der Waals surface area (Å²) in [4.78, 5) is 23.9. The molecule has 0 unspecified atom stereocenters. The Bertz CT molecular complexity index is 1140. The lowest BCUT2D eigenvalue weighted by Crippen LogP contribution is -2.43. The summed E-state index contributed by atoms with van der Waals surface area (Å²) in [6.45, 7) is 5.82. The van der Waals surface area contributed by atoms with Crippen LogP contribution < -0.4 is 20.8 Å². The van der Waals surface area contributed by atoms with Crippen LogP contribution in [0.3, 0.4) is 0 Å². The Kier molecular flexibility index (Phi) is 3.90. The van der Waals surface area contributed by atoms with Gasteiger partial charge in [-0.1, -0.05) is 0 Å². The number of rotatable bonds is 2. The van der Waals surface area contributed by atoms with Crippen molar-refractivity contribution in [3.05, 3.63) is 58.8 Å². The molecule has 5 rings (SSSR count). The van der Waals surface area contributed by atoms with E-state index in [2.05, 4.69) is 20.2 Å². The smallest absolute Gasteiger partial charge is 0.280 e. The number of aromatic nitrogens is 4. The number of nitrogens with one attached hydrogen (secondary N) is 1. The minimum Gasteiger partial charge on any atom is -0.369 e. The van der Waals surface area contributed by atoms with Gasteiger partial charge in [-0.25, -0.2) is 19.0 Å². The first-order chi connectivity index (χ1) is 13.6. The van der Waals surface area contributed by atoms with Gasteiger partial charge in [-0.3, -0.25) is 9.80 Å². The van der Waals surface area contributed by atoms with Gasteiger partial charge in [0.15, 0.2) is 11.7 Å². The Labute approximate surface area is 160 Å². The topological polar surface area (TPSA) is 71.2 Å². The predicted octanol–water partition coefficient (Wildman–Crippen LogP) is 1.19. The summed E-state index contributed by atoms with van der Waals surface area (Å²) in [5.41, 5.74) is 2.19. The quantitative estimate of drug-likeness (QED) is 0.719. The highest BCUT2D eigenvalue weighted by atomic mass is 19.1. The summed E-state index contributed by atoms with van der Waals surface area (Å²) in [5.74, 6) is -0.211. The zero-order valence-electron chi connectivity index (χ0n) is 15.5. The summed E-state index contributed by atoms with van der Waals surface area (Å²) in [6.07, 6.45) is 4.49. The van der Waals surface area contributed by atoms with Crippen LogP contribution in [-0.4, -0.2) is 45.4 Å². The first-order valence-corrected chi connectivity index (χ1v) is 9.25. The lowest BCUT2D eigenvalue weighted by Gasteiger charge is -2.29. The second kappa shape index (κ2) is 6.45. The van der Waals surface area contributed by atoms with Crippen molar-refractivity contribution in [3.63, 3.8) is 0 Å². The third-order valence-corrected chi connectivity index (χ3v) is 5.16. The van der Waals surface area contributed by atoms with E-state index in [0.717, 1.165) is 37.6 Å². The van der Waals surface area contributed by atoms with Gasteiger partial charge in [-0.2, -0.15) is 0 Å². The Hall–Kier alpha value is -3.20. The highest BCUT2D eigenvalue weighted by molar-refractivity contribution is 5.81. The molecular formula is C19H20FN7O. The lowest BCUT2D eigenvalue weighted by atomic mass is 10.2. The second-order valence-corrected chi connectivity index (χ2v) is 7.07. The molecule has 1 aromatic carbocycles. The van der Waals surface area contributed by atoms with E-state index < -0.39 is 5.83 Å². The molecular weight excluding hydrogens is 361 g/mol. The predicted molar refractivity (Wildman–Crippen MR) is 105 cm³/mol. The monoisotopic (exact) mass is 381 g/mol. The Morgan fingerprint density at radius 1 is 1.21 bits per heavy atom. The van der Waals surface area contributed by atoms with E-state index in [4.69, 9.17) is 0 Å². The molecule has 0 aliphatic carbocycles. The largest absolute Gasteiger partial charge is 0.369 e. The number of fused-ring (bicyclic) bond motifs is 2. The fourth-order valence-corrected chi connectivity index (χ4v) is 3.76. The molecule has 0 atom stereocenters. The van der Waals surface area contributed by atoms with Gasteiger partial charge >= 0.3 is 0 Å². The molecule has 3 aromatic rings. The van der Waals surface area contributed by atoms with Gasteiger partial charge < -0.3 is 14.8 Å². The van der Waals surface area contributed by atoms with Crippen LogP contribution in [0.2, 0.25) is 0 Å². The number of imidazole rings is 1. The molecule has 0 radical (unpaired) electrons. The standard InChI is InChI=1S/C19H20FN7O/c1-13-9-25-12-26(10-16(20)18(25)23-13)27-11-22-17-8-14(2-3-15(17)19(27)28)24-6-4-21-5-7-24/h2-3,8-11,21H,4-7,12H2,1H3. The van der Waals surface area contributed by atoms with Crippen LogP contribution in [0.5, 0.6) is 0 Å². The summed E-state index contributed by atoms with van der Waals surface area (Å²) >= 11 is 0. The fraction of sp³-hybridized carbons (Fsp3) is 0.316. The average molecular weight is 381 g/mol. The molecule has 1 fully saturated rings. The Morgan fingerprint density at radius 3 is 2.86 bits per heavy atom. The molecule has 2 aliphatic heterocycles. The maximum Gasteiger partial charge on any atom is 0.280 e. The van der Waals surface area contributed by atoms with Gasteiger partial charge in [-0.05, 0) is 25.1 Å². The van der Waals surface area contributed by atoms with E-state index in [0.29, 0.717) is 10.9 Å². The third-order valence-electron chi connectivity index (χ3n) is 5.16. The Morgan fingerprint density at radius 2 is 2.04 bits per heavy atom.